The molecule has 1 aromatic rings. The van der Waals surface area contributed by atoms with E-state index in [0.29, 0.717) is 12.0 Å². The zero-order valence-corrected chi connectivity index (χ0v) is 14.3. The minimum absolute atomic E-state index is 0.440. The predicted molar refractivity (Wildman–Crippen MR) is 92.1 cm³/mol. The standard InChI is InChI=1S/C19H33NO/c1-5-8-9-17-10-12-18(13-11-17)21-15-19(16(4)7-3)20-14-6-2/h10-13,16,19-20H,5-9,14-15H2,1-4H3. The van der Waals surface area contributed by atoms with E-state index in [4.69, 9.17) is 4.74 Å². The van der Waals surface area contributed by atoms with E-state index in [9.17, 15) is 0 Å². The molecular formula is C19H33NO. The van der Waals surface area contributed by atoms with Crippen LogP contribution >= 0.6 is 0 Å². The Labute approximate surface area is 131 Å². The van der Waals surface area contributed by atoms with Gasteiger partial charge >= 0.3 is 0 Å². The molecule has 0 spiro atoms. The van der Waals surface area contributed by atoms with Crippen LogP contribution in [0.3, 0.4) is 0 Å². The van der Waals surface area contributed by atoms with Gasteiger partial charge in [0.05, 0.1) is 0 Å². The van der Waals surface area contributed by atoms with Gasteiger partial charge in [0, 0.05) is 6.04 Å². The van der Waals surface area contributed by atoms with Gasteiger partial charge < -0.3 is 10.1 Å². The normalized spacial score (nSPS) is 13.9. The molecule has 120 valence electrons. The molecule has 0 amide bonds. The summed E-state index contributed by atoms with van der Waals surface area (Å²) in [6.45, 7) is 10.8. The molecule has 2 atom stereocenters. The van der Waals surface area contributed by atoms with Crippen LogP contribution in [-0.4, -0.2) is 19.2 Å². The molecule has 0 aliphatic rings. The maximum Gasteiger partial charge on any atom is 0.119 e. The van der Waals surface area contributed by atoms with Crippen molar-refractivity contribution < 1.29 is 4.74 Å². The number of nitrogens with one attached hydrogen (secondary N) is 1. The Morgan fingerprint density at radius 2 is 1.76 bits per heavy atom. The predicted octanol–water partition coefficient (Wildman–Crippen LogP) is 4.82. The van der Waals surface area contributed by atoms with Gasteiger partial charge in [-0.3, -0.25) is 0 Å². The van der Waals surface area contributed by atoms with Crippen molar-refractivity contribution in [3.8, 4) is 5.75 Å². The van der Waals surface area contributed by atoms with Crippen molar-refractivity contribution in [2.45, 2.75) is 65.8 Å². The second kappa shape index (κ2) is 10.7. The van der Waals surface area contributed by atoms with Crippen LogP contribution in [0.4, 0.5) is 0 Å². The van der Waals surface area contributed by atoms with Crippen molar-refractivity contribution in [1.29, 1.82) is 0 Å². The summed E-state index contributed by atoms with van der Waals surface area (Å²) in [5.41, 5.74) is 1.41. The summed E-state index contributed by atoms with van der Waals surface area (Å²) in [5.74, 6) is 1.63. The third kappa shape index (κ3) is 6.99. The van der Waals surface area contributed by atoms with E-state index in [1.807, 2.05) is 0 Å². The van der Waals surface area contributed by atoms with Gasteiger partial charge in [-0.05, 0) is 49.4 Å². The van der Waals surface area contributed by atoms with Crippen LogP contribution in [0, 0.1) is 5.92 Å². The highest BCUT2D eigenvalue weighted by molar-refractivity contribution is 5.27. The average molecular weight is 291 g/mol. The van der Waals surface area contributed by atoms with E-state index in [-0.39, 0.29) is 0 Å². The molecule has 0 saturated heterocycles. The first-order chi connectivity index (χ1) is 10.2. The minimum Gasteiger partial charge on any atom is -0.492 e. The van der Waals surface area contributed by atoms with E-state index in [1.54, 1.807) is 0 Å². The molecule has 1 rings (SSSR count). The summed E-state index contributed by atoms with van der Waals surface area (Å²) >= 11 is 0. The average Bonchev–Trinajstić information content (AvgIpc) is 2.53. The minimum atomic E-state index is 0.440. The van der Waals surface area contributed by atoms with Crippen LogP contribution in [0.1, 0.15) is 58.9 Å². The lowest BCUT2D eigenvalue weighted by atomic mass is 10.00. The second-order valence-electron chi connectivity index (χ2n) is 6.00. The SMILES string of the molecule is CCCCc1ccc(OCC(NCCC)C(C)CC)cc1. The molecule has 0 radical (unpaired) electrons. The smallest absolute Gasteiger partial charge is 0.119 e. The number of ether oxygens (including phenoxy) is 1. The van der Waals surface area contributed by atoms with E-state index in [2.05, 4.69) is 57.3 Å². The molecule has 0 saturated carbocycles. The fraction of sp³-hybridized carbons (Fsp3) is 0.684. The Morgan fingerprint density at radius 1 is 1.05 bits per heavy atom. The summed E-state index contributed by atoms with van der Waals surface area (Å²) in [6.07, 6.45) is 6.03. The number of aryl methyl sites for hydroxylation is 1. The van der Waals surface area contributed by atoms with Crippen molar-refractivity contribution in [1.82, 2.24) is 5.32 Å². The lowest BCUT2D eigenvalue weighted by Gasteiger charge is -2.24. The van der Waals surface area contributed by atoms with Crippen LogP contribution in [0.2, 0.25) is 0 Å². The van der Waals surface area contributed by atoms with E-state index >= 15 is 0 Å². The molecule has 1 aromatic carbocycles. The molecule has 0 aliphatic heterocycles. The fourth-order valence-electron chi connectivity index (χ4n) is 2.36. The first-order valence-corrected chi connectivity index (χ1v) is 8.66. The van der Waals surface area contributed by atoms with Crippen LogP contribution in [0.25, 0.3) is 0 Å². The van der Waals surface area contributed by atoms with Crippen LogP contribution in [-0.2, 0) is 6.42 Å². The summed E-state index contributed by atoms with van der Waals surface area (Å²) in [7, 11) is 0. The number of hydrogen-bond acceptors (Lipinski definition) is 2. The monoisotopic (exact) mass is 291 g/mol. The molecule has 2 nitrogen and oxygen atoms in total. The Kier molecular flexibility index (Phi) is 9.16. The van der Waals surface area contributed by atoms with Crippen LogP contribution in [0.15, 0.2) is 24.3 Å². The topological polar surface area (TPSA) is 21.3 Å². The number of unbranched alkanes of at least 4 members (excludes halogenated alkanes) is 1. The van der Waals surface area contributed by atoms with Crippen molar-refractivity contribution >= 4 is 0 Å². The zero-order chi connectivity index (χ0) is 15.5. The molecule has 21 heavy (non-hydrogen) atoms. The Balaban J connectivity index is 2.46. The molecule has 0 heterocycles. The molecule has 2 unspecified atom stereocenters. The van der Waals surface area contributed by atoms with Crippen molar-refractivity contribution in [2.75, 3.05) is 13.2 Å². The maximum absolute atomic E-state index is 5.99. The first kappa shape index (κ1) is 18.0. The summed E-state index contributed by atoms with van der Waals surface area (Å²) < 4.78 is 5.99. The summed E-state index contributed by atoms with van der Waals surface area (Å²) in [6, 6.07) is 9.05. The van der Waals surface area contributed by atoms with Gasteiger partial charge in [-0.2, -0.15) is 0 Å². The van der Waals surface area contributed by atoms with Crippen LogP contribution < -0.4 is 10.1 Å². The van der Waals surface area contributed by atoms with Gasteiger partial charge in [-0.25, -0.2) is 0 Å². The Bertz CT molecular complexity index is 360. The van der Waals surface area contributed by atoms with Gasteiger partial charge in [-0.1, -0.05) is 52.7 Å². The van der Waals surface area contributed by atoms with Crippen molar-refractivity contribution in [2.24, 2.45) is 5.92 Å². The van der Waals surface area contributed by atoms with Gasteiger partial charge in [0.2, 0.25) is 0 Å². The molecule has 1 N–H and O–H groups in total. The molecule has 0 aromatic heterocycles. The summed E-state index contributed by atoms with van der Waals surface area (Å²) in [4.78, 5) is 0. The van der Waals surface area contributed by atoms with Gasteiger partial charge in [-0.15, -0.1) is 0 Å². The van der Waals surface area contributed by atoms with Crippen molar-refractivity contribution in [3.63, 3.8) is 0 Å². The lowest BCUT2D eigenvalue weighted by molar-refractivity contribution is 0.220. The fourth-order valence-corrected chi connectivity index (χ4v) is 2.36. The molecular weight excluding hydrogens is 258 g/mol. The van der Waals surface area contributed by atoms with E-state index in [1.165, 1.54) is 37.7 Å². The molecule has 0 aliphatic carbocycles. The van der Waals surface area contributed by atoms with Gasteiger partial charge in [0.15, 0.2) is 0 Å². The van der Waals surface area contributed by atoms with Crippen molar-refractivity contribution in [3.05, 3.63) is 29.8 Å². The molecule has 0 fully saturated rings. The number of benzene rings is 1. The van der Waals surface area contributed by atoms with Gasteiger partial charge in [0.25, 0.3) is 0 Å². The quantitative estimate of drug-likeness (QED) is 0.631. The van der Waals surface area contributed by atoms with E-state index in [0.717, 1.165) is 18.9 Å². The zero-order valence-electron chi connectivity index (χ0n) is 14.3. The Morgan fingerprint density at radius 3 is 2.33 bits per heavy atom. The third-order valence-electron chi connectivity index (χ3n) is 4.16. The number of hydrogen-bond donors (Lipinski definition) is 1. The maximum atomic E-state index is 5.99. The number of rotatable bonds is 11. The highest BCUT2D eigenvalue weighted by Gasteiger charge is 2.15. The highest BCUT2D eigenvalue weighted by Crippen LogP contribution is 2.16. The highest BCUT2D eigenvalue weighted by atomic mass is 16.5. The molecule has 2 heteroatoms. The summed E-state index contributed by atoms with van der Waals surface area (Å²) in [5, 5.41) is 3.60. The van der Waals surface area contributed by atoms with Gasteiger partial charge in [0.1, 0.15) is 12.4 Å². The molecule has 0 bridgehead atoms. The largest absolute Gasteiger partial charge is 0.492 e. The second-order valence-corrected chi connectivity index (χ2v) is 6.00. The third-order valence-corrected chi connectivity index (χ3v) is 4.16. The Hall–Kier alpha value is -1.02. The van der Waals surface area contributed by atoms with Crippen LogP contribution in [0.5, 0.6) is 5.75 Å². The first-order valence-electron chi connectivity index (χ1n) is 8.66. The van der Waals surface area contributed by atoms with E-state index < -0.39 is 0 Å². The lowest BCUT2D eigenvalue weighted by Crippen LogP contribution is -2.40.